The molecule has 9 heteroatoms. The van der Waals surface area contributed by atoms with E-state index in [-0.39, 0.29) is 46.1 Å². The van der Waals surface area contributed by atoms with Crippen molar-refractivity contribution in [1.82, 2.24) is 4.31 Å². The fourth-order valence-electron chi connectivity index (χ4n) is 1.88. The van der Waals surface area contributed by atoms with Crippen molar-refractivity contribution in [3.05, 3.63) is 27.7 Å². The second kappa shape index (κ2) is 5.50. The molecule has 0 unspecified atom stereocenters. The Balaban J connectivity index is 2.45. The number of hydrogen-bond donors (Lipinski definition) is 2. The van der Waals surface area contributed by atoms with E-state index in [9.17, 15) is 13.2 Å². The lowest BCUT2D eigenvalue weighted by molar-refractivity contribution is 0.0697. The van der Waals surface area contributed by atoms with Crippen molar-refractivity contribution in [3.8, 4) is 0 Å². The number of sulfonamides is 1. The van der Waals surface area contributed by atoms with E-state index < -0.39 is 16.0 Å². The number of hydrogen-bond acceptors (Lipinski definition) is 4. The van der Waals surface area contributed by atoms with Crippen molar-refractivity contribution in [1.29, 1.82) is 0 Å². The fourth-order valence-corrected chi connectivity index (χ4v) is 4.35. The molecule has 0 saturated carbocycles. The van der Waals surface area contributed by atoms with E-state index in [0.29, 0.717) is 0 Å². The van der Waals surface area contributed by atoms with Gasteiger partial charge in [0.25, 0.3) is 0 Å². The highest BCUT2D eigenvalue weighted by Gasteiger charge is 2.38. The van der Waals surface area contributed by atoms with Gasteiger partial charge in [-0.05, 0) is 12.1 Å². The van der Waals surface area contributed by atoms with Crippen molar-refractivity contribution in [2.45, 2.75) is 4.90 Å². The van der Waals surface area contributed by atoms with Crippen LogP contribution in [0.1, 0.15) is 10.4 Å². The molecule has 1 aromatic rings. The van der Waals surface area contributed by atoms with Gasteiger partial charge in [-0.3, -0.25) is 0 Å². The standard InChI is InChI=1S/C11H11Cl2NO5S/c12-7-1-8(11(16)17)10(13)9(2-7)20(18,19)14-3-6(4-14)5-15/h1-2,6,15H,3-5H2,(H,16,17). The Morgan fingerprint density at radius 1 is 1.35 bits per heavy atom. The SMILES string of the molecule is O=C(O)c1cc(Cl)cc(S(=O)(=O)N2CC(CO)C2)c1Cl. The van der Waals surface area contributed by atoms with Gasteiger partial charge in [0.15, 0.2) is 0 Å². The van der Waals surface area contributed by atoms with E-state index in [1.54, 1.807) is 0 Å². The normalized spacial score (nSPS) is 16.9. The van der Waals surface area contributed by atoms with Crippen LogP contribution in [0.25, 0.3) is 0 Å². The first-order valence-electron chi connectivity index (χ1n) is 5.60. The summed E-state index contributed by atoms with van der Waals surface area (Å²) in [5, 5.41) is 17.5. The molecule has 1 aliphatic rings. The van der Waals surface area contributed by atoms with Crippen LogP contribution in [-0.2, 0) is 10.0 Å². The molecule has 2 rings (SSSR count). The second-order valence-corrected chi connectivity index (χ2v) is 7.16. The molecule has 0 atom stereocenters. The largest absolute Gasteiger partial charge is 0.478 e. The van der Waals surface area contributed by atoms with Crippen molar-refractivity contribution < 1.29 is 23.4 Å². The highest BCUT2D eigenvalue weighted by molar-refractivity contribution is 7.89. The van der Waals surface area contributed by atoms with Gasteiger partial charge >= 0.3 is 5.97 Å². The van der Waals surface area contributed by atoms with Gasteiger partial charge in [0.1, 0.15) is 4.90 Å². The van der Waals surface area contributed by atoms with Crippen molar-refractivity contribution >= 4 is 39.2 Å². The number of carboxylic acids is 1. The van der Waals surface area contributed by atoms with Crippen molar-refractivity contribution in [2.75, 3.05) is 19.7 Å². The zero-order chi connectivity index (χ0) is 15.1. The lowest BCUT2D eigenvalue weighted by Crippen LogP contribution is -2.51. The van der Waals surface area contributed by atoms with Crippen LogP contribution in [0, 0.1) is 5.92 Å². The lowest BCUT2D eigenvalue weighted by Gasteiger charge is -2.37. The van der Waals surface area contributed by atoms with Crippen molar-refractivity contribution in [3.63, 3.8) is 0 Å². The van der Waals surface area contributed by atoms with E-state index in [4.69, 9.17) is 33.4 Å². The van der Waals surface area contributed by atoms with E-state index in [1.807, 2.05) is 0 Å². The van der Waals surface area contributed by atoms with Gasteiger partial charge in [0, 0.05) is 30.6 Å². The number of carboxylic acid groups (broad SMARTS) is 1. The highest BCUT2D eigenvalue weighted by atomic mass is 35.5. The van der Waals surface area contributed by atoms with Crippen LogP contribution in [0.5, 0.6) is 0 Å². The quantitative estimate of drug-likeness (QED) is 0.862. The predicted octanol–water partition coefficient (Wildman–Crippen LogP) is 1.30. The third kappa shape index (κ3) is 2.64. The average Bonchev–Trinajstić information content (AvgIpc) is 2.29. The van der Waals surface area contributed by atoms with Gasteiger partial charge in [-0.2, -0.15) is 4.31 Å². The summed E-state index contributed by atoms with van der Waals surface area (Å²) in [5.74, 6) is -1.47. The summed E-state index contributed by atoms with van der Waals surface area (Å²) in [5.41, 5.74) is -0.364. The minimum atomic E-state index is -3.91. The van der Waals surface area contributed by atoms with Gasteiger partial charge in [0.2, 0.25) is 10.0 Å². The zero-order valence-corrected chi connectivity index (χ0v) is 12.4. The highest BCUT2D eigenvalue weighted by Crippen LogP contribution is 2.34. The monoisotopic (exact) mass is 339 g/mol. The fraction of sp³-hybridized carbons (Fsp3) is 0.364. The van der Waals surface area contributed by atoms with Gasteiger partial charge in [-0.1, -0.05) is 23.2 Å². The maximum atomic E-state index is 12.3. The first-order valence-corrected chi connectivity index (χ1v) is 7.80. The Morgan fingerprint density at radius 2 is 1.95 bits per heavy atom. The van der Waals surface area contributed by atoms with Gasteiger partial charge in [-0.15, -0.1) is 0 Å². The Bertz CT molecular complexity index is 655. The summed E-state index contributed by atoms with van der Waals surface area (Å²) >= 11 is 11.6. The van der Waals surface area contributed by atoms with Crippen LogP contribution in [0.2, 0.25) is 10.0 Å². The molecule has 1 saturated heterocycles. The number of aliphatic hydroxyl groups is 1. The summed E-state index contributed by atoms with van der Waals surface area (Å²) in [6, 6.07) is 2.22. The van der Waals surface area contributed by atoms with Gasteiger partial charge in [0.05, 0.1) is 10.6 Å². The molecule has 0 aliphatic carbocycles. The Labute approximate surface area is 125 Å². The molecule has 1 aromatic carbocycles. The first kappa shape index (κ1) is 15.5. The minimum absolute atomic E-state index is 0.0235. The molecular weight excluding hydrogens is 329 g/mol. The number of halogens is 2. The molecule has 0 spiro atoms. The predicted molar refractivity (Wildman–Crippen MR) is 72.8 cm³/mol. The number of carbonyl (C=O) groups is 1. The van der Waals surface area contributed by atoms with E-state index in [1.165, 1.54) is 0 Å². The number of nitrogens with zero attached hydrogens (tertiary/aromatic N) is 1. The number of benzene rings is 1. The van der Waals surface area contributed by atoms with Crippen LogP contribution in [-0.4, -0.2) is 48.6 Å². The summed E-state index contributed by atoms with van der Waals surface area (Å²) in [6.45, 7) is 0.240. The molecule has 1 heterocycles. The zero-order valence-electron chi connectivity index (χ0n) is 10.1. The molecule has 0 radical (unpaired) electrons. The van der Waals surface area contributed by atoms with Crippen LogP contribution in [0.4, 0.5) is 0 Å². The molecule has 2 N–H and O–H groups in total. The van der Waals surface area contributed by atoms with Gasteiger partial charge in [-0.25, -0.2) is 13.2 Å². The maximum Gasteiger partial charge on any atom is 0.337 e. The molecule has 1 aliphatic heterocycles. The molecule has 6 nitrogen and oxygen atoms in total. The van der Waals surface area contributed by atoms with Gasteiger partial charge < -0.3 is 10.2 Å². The summed E-state index contributed by atoms with van der Waals surface area (Å²) in [4.78, 5) is 10.7. The number of aromatic carboxylic acids is 1. The average molecular weight is 340 g/mol. The Hall–Kier alpha value is -0.860. The molecule has 1 fully saturated rings. The molecular formula is C11H11Cl2NO5S. The Kier molecular flexibility index (Phi) is 4.27. The third-order valence-corrected chi connectivity index (χ3v) is 5.63. The van der Waals surface area contributed by atoms with Crippen LogP contribution in [0.3, 0.4) is 0 Å². The molecule has 0 bridgehead atoms. The molecule has 0 amide bonds. The van der Waals surface area contributed by atoms with E-state index >= 15 is 0 Å². The first-order chi connectivity index (χ1) is 9.27. The minimum Gasteiger partial charge on any atom is -0.478 e. The summed E-state index contributed by atoms with van der Waals surface area (Å²) in [6.07, 6.45) is 0. The van der Waals surface area contributed by atoms with E-state index in [2.05, 4.69) is 0 Å². The molecule has 110 valence electrons. The number of rotatable bonds is 4. The lowest BCUT2D eigenvalue weighted by atomic mass is 10.1. The topological polar surface area (TPSA) is 94.9 Å². The Morgan fingerprint density at radius 3 is 2.45 bits per heavy atom. The summed E-state index contributed by atoms with van der Waals surface area (Å²) in [7, 11) is -3.91. The second-order valence-electron chi connectivity index (χ2n) is 4.44. The third-order valence-electron chi connectivity index (χ3n) is 3.03. The van der Waals surface area contributed by atoms with Crippen LogP contribution >= 0.6 is 23.2 Å². The smallest absolute Gasteiger partial charge is 0.337 e. The molecule has 20 heavy (non-hydrogen) atoms. The maximum absolute atomic E-state index is 12.3. The molecule has 0 aromatic heterocycles. The van der Waals surface area contributed by atoms with E-state index in [0.717, 1.165) is 16.4 Å². The van der Waals surface area contributed by atoms with Crippen LogP contribution < -0.4 is 0 Å². The number of aliphatic hydroxyl groups excluding tert-OH is 1. The van der Waals surface area contributed by atoms with Crippen molar-refractivity contribution in [2.24, 2.45) is 5.92 Å². The summed E-state index contributed by atoms with van der Waals surface area (Å²) < 4.78 is 25.8. The van der Waals surface area contributed by atoms with Crippen LogP contribution in [0.15, 0.2) is 17.0 Å².